The second-order valence-corrected chi connectivity index (χ2v) is 7.20. The van der Waals surface area contributed by atoms with Gasteiger partial charge in [0.15, 0.2) is 5.65 Å². The van der Waals surface area contributed by atoms with Crippen LogP contribution in [0.3, 0.4) is 0 Å². The largest absolute Gasteiger partial charge is 0.349 e. The Labute approximate surface area is 142 Å². The number of aryl methyl sites for hydroxylation is 1. The van der Waals surface area contributed by atoms with Gasteiger partial charge < -0.3 is 15.6 Å². The highest BCUT2D eigenvalue weighted by atomic mass is 16.1. The van der Waals surface area contributed by atoms with Gasteiger partial charge in [-0.2, -0.15) is 0 Å². The zero-order valence-electron chi connectivity index (χ0n) is 14.5. The number of aromatic nitrogens is 3. The molecule has 2 heterocycles. The summed E-state index contributed by atoms with van der Waals surface area (Å²) in [6.45, 7) is 5.72. The van der Waals surface area contributed by atoms with Crippen molar-refractivity contribution in [2.75, 3.05) is 0 Å². The number of imidazole rings is 1. The number of hydrogen-bond donors (Lipinski definition) is 2. The molecule has 0 aromatic carbocycles. The van der Waals surface area contributed by atoms with E-state index in [1.54, 1.807) is 6.20 Å². The number of nitrogens with one attached hydrogen (secondary N) is 1. The lowest BCUT2D eigenvalue weighted by Gasteiger charge is -2.13. The fourth-order valence-electron chi connectivity index (χ4n) is 3.33. The van der Waals surface area contributed by atoms with E-state index in [1.807, 2.05) is 12.1 Å². The molecule has 3 N–H and O–H groups in total. The molecule has 0 bridgehead atoms. The minimum atomic E-state index is 0.0478. The van der Waals surface area contributed by atoms with Gasteiger partial charge in [-0.15, -0.1) is 0 Å². The summed E-state index contributed by atoms with van der Waals surface area (Å²) in [5.74, 6) is 1.62. The van der Waals surface area contributed by atoms with Crippen LogP contribution >= 0.6 is 0 Å². The molecular weight excluding hydrogens is 302 g/mol. The standard InChI is InChI=1S/C18H27N5O/c1-12(2)7-9-23-16(22-15-4-3-8-20-17(15)23)11-21-18(24)13-5-6-14(19)10-13/h3-4,8,12-14H,5-7,9-11,19H2,1-2H3,(H,21,24)/t13-,14+/m0/s1. The third-order valence-electron chi connectivity index (χ3n) is 4.78. The molecule has 0 unspecified atom stereocenters. The zero-order chi connectivity index (χ0) is 17.1. The molecule has 1 aliphatic carbocycles. The highest BCUT2D eigenvalue weighted by molar-refractivity contribution is 5.79. The first-order valence-corrected chi connectivity index (χ1v) is 8.88. The number of carbonyl (C=O) groups is 1. The van der Waals surface area contributed by atoms with E-state index < -0.39 is 0 Å². The highest BCUT2D eigenvalue weighted by Crippen LogP contribution is 2.24. The van der Waals surface area contributed by atoms with Crippen molar-refractivity contribution in [1.82, 2.24) is 19.9 Å². The summed E-state index contributed by atoms with van der Waals surface area (Å²) in [7, 11) is 0. The van der Waals surface area contributed by atoms with Gasteiger partial charge >= 0.3 is 0 Å². The third-order valence-corrected chi connectivity index (χ3v) is 4.78. The number of amides is 1. The van der Waals surface area contributed by atoms with Crippen molar-refractivity contribution in [3.05, 3.63) is 24.2 Å². The molecule has 0 spiro atoms. The zero-order valence-corrected chi connectivity index (χ0v) is 14.5. The Bertz CT molecular complexity index is 708. The number of carbonyl (C=O) groups excluding carboxylic acids is 1. The summed E-state index contributed by atoms with van der Waals surface area (Å²) >= 11 is 0. The first-order valence-electron chi connectivity index (χ1n) is 8.88. The fourth-order valence-corrected chi connectivity index (χ4v) is 3.33. The lowest BCUT2D eigenvalue weighted by Crippen LogP contribution is -2.31. The van der Waals surface area contributed by atoms with Crippen LogP contribution < -0.4 is 11.1 Å². The Kier molecular flexibility index (Phi) is 5.14. The number of pyridine rings is 1. The summed E-state index contributed by atoms with van der Waals surface area (Å²) in [4.78, 5) is 21.5. The average molecular weight is 329 g/mol. The molecule has 1 saturated carbocycles. The van der Waals surface area contributed by atoms with Gasteiger partial charge in [-0.1, -0.05) is 13.8 Å². The summed E-state index contributed by atoms with van der Waals surface area (Å²) in [6.07, 6.45) is 5.46. The van der Waals surface area contributed by atoms with E-state index in [-0.39, 0.29) is 17.9 Å². The SMILES string of the molecule is CC(C)CCn1c(CNC(=O)[C@H]2CC[C@@H](N)C2)nc2cccnc21. The van der Waals surface area contributed by atoms with Crippen LogP contribution in [-0.4, -0.2) is 26.5 Å². The number of rotatable bonds is 6. The summed E-state index contributed by atoms with van der Waals surface area (Å²) in [5, 5.41) is 3.04. The third kappa shape index (κ3) is 3.75. The molecule has 3 rings (SSSR count). The Morgan fingerprint density at radius 1 is 1.46 bits per heavy atom. The summed E-state index contributed by atoms with van der Waals surface area (Å²) in [6, 6.07) is 4.03. The molecular formula is C18H27N5O. The van der Waals surface area contributed by atoms with E-state index in [0.717, 1.165) is 49.2 Å². The van der Waals surface area contributed by atoms with Crippen LogP contribution in [0.4, 0.5) is 0 Å². The van der Waals surface area contributed by atoms with E-state index in [4.69, 9.17) is 5.73 Å². The number of hydrogen-bond acceptors (Lipinski definition) is 4. The fraction of sp³-hybridized carbons (Fsp3) is 0.611. The van der Waals surface area contributed by atoms with E-state index in [0.29, 0.717) is 12.5 Å². The number of nitrogens with zero attached hydrogens (tertiary/aromatic N) is 3. The molecule has 2 aromatic heterocycles. The molecule has 0 aliphatic heterocycles. The van der Waals surface area contributed by atoms with Crippen molar-refractivity contribution in [2.45, 2.75) is 58.7 Å². The Morgan fingerprint density at radius 2 is 2.29 bits per heavy atom. The van der Waals surface area contributed by atoms with Crippen LogP contribution in [0.25, 0.3) is 11.2 Å². The van der Waals surface area contributed by atoms with E-state index in [9.17, 15) is 4.79 Å². The molecule has 0 saturated heterocycles. The second-order valence-electron chi connectivity index (χ2n) is 7.20. The normalized spacial score (nSPS) is 20.8. The monoisotopic (exact) mass is 329 g/mol. The predicted molar refractivity (Wildman–Crippen MR) is 94.1 cm³/mol. The van der Waals surface area contributed by atoms with Crippen molar-refractivity contribution >= 4 is 17.1 Å². The van der Waals surface area contributed by atoms with Gasteiger partial charge in [-0.25, -0.2) is 9.97 Å². The van der Waals surface area contributed by atoms with Crippen LogP contribution in [-0.2, 0) is 17.9 Å². The van der Waals surface area contributed by atoms with Gasteiger partial charge in [0.1, 0.15) is 11.3 Å². The highest BCUT2D eigenvalue weighted by Gasteiger charge is 2.27. The first kappa shape index (κ1) is 16.9. The Morgan fingerprint density at radius 3 is 3.00 bits per heavy atom. The topological polar surface area (TPSA) is 85.8 Å². The Balaban J connectivity index is 1.73. The van der Waals surface area contributed by atoms with E-state index >= 15 is 0 Å². The van der Waals surface area contributed by atoms with Crippen LogP contribution in [0, 0.1) is 11.8 Å². The van der Waals surface area contributed by atoms with Crippen molar-refractivity contribution in [3.8, 4) is 0 Å². The smallest absolute Gasteiger partial charge is 0.223 e. The van der Waals surface area contributed by atoms with Crippen molar-refractivity contribution in [2.24, 2.45) is 17.6 Å². The lowest BCUT2D eigenvalue weighted by molar-refractivity contribution is -0.125. The number of nitrogens with two attached hydrogens (primary N) is 1. The van der Waals surface area contributed by atoms with Crippen molar-refractivity contribution in [3.63, 3.8) is 0 Å². The van der Waals surface area contributed by atoms with Crippen LogP contribution in [0.5, 0.6) is 0 Å². The van der Waals surface area contributed by atoms with E-state index in [1.165, 1.54) is 0 Å². The van der Waals surface area contributed by atoms with Crippen molar-refractivity contribution in [1.29, 1.82) is 0 Å². The van der Waals surface area contributed by atoms with Gasteiger partial charge in [0.25, 0.3) is 0 Å². The molecule has 6 heteroatoms. The van der Waals surface area contributed by atoms with Gasteiger partial charge in [-0.05, 0) is 43.7 Å². The maximum absolute atomic E-state index is 12.3. The van der Waals surface area contributed by atoms with E-state index in [2.05, 4.69) is 33.7 Å². The summed E-state index contributed by atoms with van der Waals surface area (Å²) in [5.41, 5.74) is 7.68. The summed E-state index contributed by atoms with van der Waals surface area (Å²) < 4.78 is 2.13. The average Bonchev–Trinajstić information content (AvgIpc) is 3.14. The second kappa shape index (κ2) is 7.30. The van der Waals surface area contributed by atoms with Crippen LogP contribution in [0.15, 0.2) is 18.3 Å². The maximum atomic E-state index is 12.3. The molecule has 130 valence electrons. The molecule has 2 atom stereocenters. The van der Waals surface area contributed by atoms with Gasteiger partial charge in [0.05, 0.1) is 6.54 Å². The molecule has 6 nitrogen and oxygen atoms in total. The molecule has 1 amide bonds. The molecule has 1 aliphatic rings. The minimum absolute atomic E-state index is 0.0478. The first-order chi connectivity index (χ1) is 11.5. The molecule has 0 radical (unpaired) electrons. The molecule has 2 aromatic rings. The number of fused-ring (bicyclic) bond motifs is 1. The van der Waals surface area contributed by atoms with Gasteiger partial charge in [-0.3, -0.25) is 4.79 Å². The quantitative estimate of drug-likeness (QED) is 0.851. The van der Waals surface area contributed by atoms with Crippen molar-refractivity contribution < 1.29 is 4.79 Å². The molecule has 1 fully saturated rings. The molecule has 24 heavy (non-hydrogen) atoms. The maximum Gasteiger partial charge on any atom is 0.223 e. The lowest BCUT2D eigenvalue weighted by atomic mass is 10.1. The Hall–Kier alpha value is -1.95. The predicted octanol–water partition coefficient (Wildman–Crippen LogP) is 2.22. The van der Waals surface area contributed by atoms with Crippen LogP contribution in [0.2, 0.25) is 0 Å². The minimum Gasteiger partial charge on any atom is -0.349 e. The van der Waals surface area contributed by atoms with Crippen LogP contribution in [0.1, 0.15) is 45.4 Å². The van der Waals surface area contributed by atoms with Gasteiger partial charge in [0, 0.05) is 24.7 Å². The van der Waals surface area contributed by atoms with Gasteiger partial charge in [0.2, 0.25) is 5.91 Å².